The third kappa shape index (κ3) is 2.99. The van der Waals surface area contributed by atoms with Crippen LogP contribution in [0.4, 0.5) is 4.39 Å². The maximum Gasteiger partial charge on any atom is 0.125 e. The van der Waals surface area contributed by atoms with E-state index in [2.05, 4.69) is 22.9 Å². The van der Waals surface area contributed by atoms with Gasteiger partial charge in [0.2, 0.25) is 0 Å². The highest BCUT2D eigenvalue weighted by atomic mass is 35.5. The van der Waals surface area contributed by atoms with Gasteiger partial charge in [-0.1, -0.05) is 11.6 Å². The molecule has 1 heterocycles. The molecule has 0 bridgehead atoms. The standard InChI is InChI=1S/C13H15ClFN3/c1-17-2-4-18(5-3-17)13(9-16)10-6-11(14)8-12(15)7-10/h6-8,13H,2-5H2,1H3. The second kappa shape index (κ2) is 5.66. The van der Waals surface area contributed by atoms with Gasteiger partial charge in [-0.05, 0) is 30.8 Å². The van der Waals surface area contributed by atoms with Crippen LogP contribution in [-0.2, 0) is 0 Å². The predicted molar refractivity (Wildman–Crippen MR) is 68.8 cm³/mol. The minimum atomic E-state index is -0.424. The van der Waals surface area contributed by atoms with Crippen molar-refractivity contribution in [3.8, 4) is 6.07 Å². The minimum Gasteiger partial charge on any atom is -0.304 e. The van der Waals surface area contributed by atoms with E-state index in [-0.39, 0.29) is 0 Å². The Labute approximate surface area is 111 Å². The van der Waals surface area contributed by atoms with E-state index < -0.39 is 11.9 Å². The van der Waals surface area contributed by atoms with Crippen molar-refractivity contribution < 1.29 is 4.39 Å². The zero-order chi connectivity index (χ0) is 13.1. The van der Waals surface area contributed by atoms with E-state index in [1.54, 1.807) is 6.07 Å². The molecule has 18 heavy (non-hydrogen) atoms. The van der Waals surface area contributed by atoms with Crippen molar-refractivity contribution >= 4 is 11.6 Å². The number of rotatable bonds is 2. The van der Waals surface area contributed by atoms with Gasteiger partial charge in [0, 0.05) is 31.2 Å². The molecule has 0 radical (unpaired) electrons. The van der Waals surface area contributed by atoms with Crippen molar-refractivity contribution in [3.63, 3.8) is 0 Å². The molecule has 1 aliphatic heterocycles. The number of hydrogen-bond acceptors (Lipinski definition) is 3. The number of nitriles is 1. The number of hydrogen-bond donors (Lipinski definition) is 0. The van der Waals surface area contributed by atoms with Crippen molar-refractivity contribution in [2.24, 2.45) is 0 Å². The van der Waals surface area contributed by atoms with Gasteiger partial charge in [-0.15, -0.1) is 0 Å². The molecule has 0 amide bonds. The molecule has 1 aromatic rings. The minimum absolute atomic E-state index is 0.333. The van der Waals surface area contributed by atoms with E-state index in [1.807, 2.05) is 0 Å². The van der Waals surface area contributed by atoms with E-state index in [9.17, 15) is 9.65 Å². The van der Waals surface area contributed by atoms with Crippen LogP contribution in [0.5, 0.6) is 0 Å². The first kappa shape index (κ1) is 13.3. The van der Waals surface area contributed by atoms with E-state index >= 15 is 0 Å². The Kier molecular flexibility index (Phi) is 4.18. The van der Waals surface area contributed by atoms with Crippen molar-refractivity contribution in [3.05, 3.63) is 34.6 Å². The summed E-state index contributed by atoms with van der Waals surface area (Å²) in [6.45, 7) is 3.45. The fourth-order valence-corrected chi connectivity index (χ4v) is 2.41. The Morgan fingerprint density at radius 2 is 1.94 bits per heavy atom. The number of nitrogens with zero attached hydrogens (tertiary/aromatic N) is 3. The number of benzene rings is 1. The molecule has 1 saturated heterocycles. The van der Waals surface area contributed by atoms with Gasteiger partial charge in [0.15, 0.2) is 0 Å². The molecular weight excluding hydrogens is 253 g/mol. The molecule has 2 rings (SSSR count). The normalized spacial score (nSPS) is 19.4. The lowest BCUT2D eigenvalue weighted by Crippen LogP contribution is -2.45. The van der Waals surface area contributed by atoms with Crippen LogP contribution >= 0.6 is 11.6 Å². The van der Waals surface area contributed by atoms with Crippen molar-refractivity contribution in [1.29, 1.82) is 5.26 Å². The quantitative estimate of drug-likeness (QED) is 0.824. The molecule has 0 aromatic heterocycles. The van der Waals surface area contributed by atoms with Crippen LogP contribution in [0.15, 0.2) is 18.2 Å². The van der Waals surface area contributed by atoms with Gasteiger partial charge in [0.05, 0.1) is 6.07 Å². The van der Waals surface area contributed by atoms with Crippen LogP contribution in [-0.4, -0.2) is 43.0 Å². The van der Waals surface area contributed by atoms with Crippen LogP contribution in [0, 0.1) is 17.1 Å². The summed E-state index contributed by atoms with van der Waals surface area (Å²) < 4.78 is 13.3. The highest BCUT2D eigenvalue weighted by Gasteiger charge is 2.24. The van der Waals surface area contributed by atoms with Gasteiger partial charge in [0.1, 0.15) is 11.9 Å². The third-order valence-electron chi connectivity index (χ3n) is 3.23. The first-order chi connectivity index (χ1) is 8.60. The zero-order valence-corrected chi connectivity index (χ0v) is 11.0. The van der Waals surface area contributed by atoms with Gasteiger partial charge in [0.25, 0.3) is 0 Å². The van der Waals surface area contributed by atoms with Crippen LogP contribution in [0.1, 0.15) is 11.6 Å². The molecule has 1 fully saturated rings. The lowest BCUT2D eigenvalue weighted by atomic mass is 10.1. The summed E-state index contributed by atoms with van der Waals surface area (Å²) in [6.07, 6.45) is 0. The number of likely N-dealkylation sites (N-methyl/N-ethyl adjacent to an activating group) is 1. The molecule has 3 nitrogen and oxygen atoms in total. The fourth-order valence-electron chi connectivity index (χ4n) is 2.18. The first-order valence-electron chi connectivity index (χ1n) is 5.88. The van der Waals surface area contributed by atoms with Gasteiger partial charge in [-0.2, -0.15) is 5.26 Å². The van der Waals surface area contributed by atoms with Gasteiger partial charge >= 0.3 is 0 Å². The summed E-state index contributed by atoms with van der Waals surface area (Å²) in [5.74, 6) is -0.396. The Hall–Kier alpha value is -1.15. The summed E-state index contributed by atoms with van der Waals surface area (Å²) in [4.78, 5) is 4.27. The van der Waals surface area contributed by atoms with E-state index in [4.69, 9.17) is 11.6 Å². The molecule has 5 heteroatoms. The summed E-state index contributed by atoms with van der Waals surface area (Å²) in [5.41, 5.74) is 0.632. The molecule has 0 aliphatic carbocycles. The third-order valence-corrected chi connectivity index (χ3v) is 3.44. The van der Waals surface area contributed by atoms with Crippen molar-refractivity contribution in [2.45, 2.75) is 6.04 Å². The molecule has 0 N–H and O–H groups in total. The Morgan fingerprint density at radius 3 is 2.50 bits per heavy atom. The highest BCUT2D eigenvalue weighted by molar-refractivity contribution is 6.30. The first-order valence-corrected chi connectivity index (χ1v) is 6.26. The van der Waals surface area contributed by atoms with Gasteiger partial charge in [-0.25, -0.2) is 4.39 Å². The predicted octanol–water partition coefficient (Wildman–Crippen LogP) is 2.29. The summed E-state index contributed by atoms with van der Waals surface area (Å²) >= 11 is 5.84. The Balaban J connectivity index is 2.20. The number of piperazine rings is 1. The Bertz CT molecular complexity index is 444. The smallest absolute Gasteiger partial charge is 0.125 e. The van der Waals surface area contributed by atoms with Gasteiger partial charge < -0.3 is 4.90 Å². The second-order valence-corrected chi connectivity index (χ2v) is 5.01. The van der Waals surface area contributed by atoms with Crippen LogP contribution in [0.2, 0.25) is 5.02 Å². The zero-order valence-electron chi connectivity index (χ0n) is 10.2. The average molecular weight is 268 g/mol. The molecule has 1 unspecified atom stereocenters. The van der Waals surface area contributed by atoms with Gasteiger partial charge in [-0.3, -0.25) is 4.90 Å². The van der Waals surface area contributed by atoms with Crippen molar-refractivity contribution in [2.75, 3.05) is 33.2 Å². The van der Waals surface area contributed by atoms with Crippen LogP contribution in [0.3, 0.4) is 0 Å². The fraction of sp³-hybridized carbons (Fsp3) is 0.462. The highest BCUT2D eigenvalue weighted by Crippen LogP contribution is 2.25. The maximum absolute atomic E-state index is 13.3. The van der Waals surface area contributed by atoms with Crippen LogP contribution in [0.25, 0.3) is 0 Å². The molecule has 96 valence electrons. The topological polar surface area (TPSA) is 30.3 Å². The lowest BCUT2D eigenvalue weighted by Gasteiger charge is -2.35. The van der Waals surface area contributed by atoms with Crippen molar-refractivity contribution in [1.82, 2.24) is 9.80 Å². The molecular formula is C13H15ClFN3. The summed E-state index contributed by atoms with van der Waals surface area (Å²) in [5, 5.41) is 9.64. The molecule has 0 saturated carbocycles. The largest absolute Gasteiger partial charge is 0.304 e. The van der Waals surface area contributed by atoms with E-state index in [1.165, 1.54) is 12.1 Å². The molecule has 1 aliphatic rings. The van der Waals surface area contributed by atoms with E-state index in [0.717, 1.165) is 26.2 Å². The Morgan fingerprint density at radius 1 is 1.28 bits per heavy atom. The maximum atomic E-state index is 13.3. The second-order valence-electron chi connectivity index (χ2n) is 4.57. The van der Waals surface area contributed by atoms with E-state index in [0.29, 0.717) is 10.6 Å². The molecule has 1 atom stereocenters. The summed E-state index contributed by atoms with van der Waals surface area (Å²) in [7, 11) is 2.05. The van der Waals surface area contributed by atoms with Crippen LogP contribution < -0.4 is 0 Å². The molecule has 0 spiro atoms. The average Bonchev–Trinajstić information content (AvgIpc) is 2.31. The SMILES string of the molecule is CN1CCN(C(C#N)c2cc(F)cc(Cl)c2)CC1. The number of halogens is 2. The monoisotopic (exact) mass is 267 g/mol. The lowest BCUT2D eigenvalue weighted by molar-refractivity contribution is 0.132. The summed E-state index contributed by atoms with van der Waals surface area (Å²) in [6, 6.07) is 6.12. The molecule has 1 aromatic carbocycles.